The molecule has 3 aliphatic rings. The molecule has 1 amide bonds. The van der Waals surface area contributed by atoms with Crippen LogP contribution in [0.5, 0.6) is 0 Å². The maximum Gasteiger partial charge on any atom is 0.225 e. The van der Waals surface area contributed by atoms with E-state index in [1.807, 2.05) is 15.8 Å². The Labute approximate surface area is 143 Å². The van der Waals surface area contributed by atoms with Crippen LogP contribution in [0, 0.1) is 17.3 Å². The van der Waals surface area contributed by atoms with Gasteiger partial charge in [0.05, 0.1) is 12.8 Å². The molecule has 1 N–H and O–H groups in total. The van der Waals surface area contributed by atoms with E-state index in [0.29, 0.717) is 11.8 Å². The number of aliphatic hydroxyl groups is 1. The van der Waals surface area contributed by atoms with Crippen molar-refractivity contribution < 1.29 is 9.90 Å². The van der Waals surface area contributed by atoms with Crippen LogP contribution in [0.25, 0.3) is 0 Å². The van der Waals surface area contributed by atoms with Gasteiger partial charge in [0.15, 0.2) is 0 Å². The number of aromatic nitrogens is 2. The molecule has 24 heavy (non-hydrogen) atoms. The lowest BCUT2D eigenvalue weighted by atomic mass is 9.74. The molecular weight excluding hydrogens is 304 g/mol. The van der Waals surface area contributed by atoms with E-state index >= 15 is 0 Å². The molecule has 0 bridgehead atoms. The summed E-state index contributed by atoms with van der Waals surface area (Å²) in [6, 6.07) is 0. The van der Waals surface area contributed by atoms with Gasteiger partial charge < -0.3 is 10.0 Å². The minimum atomic E-state index is -0.135. The van der Waals surface area contributed by atoms with E-state index < -0.39 is 0 Å². The zero-order valence-corrected chi connectivity index (χ0v) is 14.5. The van der Waals surface area contributed by atoms with E-state index in [1.165, 1.54) is 5.56 Å². The fourth-order valence-corrected chi connectivity index (χ4v) is 4.51. The van der Waals surface area contributed by atoms with Crippen molar-refractivity contribution in [2.45, 2.75) is 39.3 Å². The highest BCUT2D eigenvalue weighted by Crippen LogP contribution is 2.44. The summed E-state index contributed by atoms with van der Waals surface area (Å²) in [6.45, 7) is 7.52. The van der Waals surface area contributed by atoms with Gasteiger partial charge in [0.2, 0.25) is 5.91 Å². The predicted octanol–water partition coefficient (Wildman–Crippen LogP) is 0.956. The fraction of sp³-hybridized carbons (Fsp3) is 0.778. The zero-order chi connectivity index (χ0) is 16.7. The number of fused-ring (bicyclic) bond motifs is 1. The molecule has 6 nitrogen and oxygen atoms in total. The van der Waals surface area contributed by atoms with Crippen LogP contribution in [0.1, 0.15) is 31.7 Å². The first-order chi connectivity index (χ1) is 11.6. The van der Waals surface area contributed by atoms with E-state index in [4.69, 9.17) is 0 Å². The van der Waals surface area contributed by atoms with Gasteiger partial charge in [-0.05, 0) is 38.6 Å². The maximum atomic E-state index is 12.4. The maximum absolute atomic E-state index is 12.4. The number of rotatable bonds is 5. The van der Waals surface area contributed by atoms with Crippen LogP contribution in [0.15, 0.2) is 12.4 Å². The lowest BCUT2D eigenvalue weighted by Gasteiger charge is -2.42. The topological polar surface area (TPSA) is 61.6 Å². The minimum Gasteiger partial charge on any atom is -0.396 e. The van der Waals surface area contributed by atoms with E-state index in [9.17, 15) is 9.90 Å². The number of nitrogens with zero attached hydrogens (tertiary/aromatic N) is 4. The number of carbonyl (C=O) groups is 1. The molecule has 3 heterocycles. The molecular formula is C18H28N4O2. The Morgan fingerprint density at radius 1 is 1.38 bits per heavy atom. The molecule has 2 saturated heterocycles. The summed E-state index contributed by atoms with van der Waals surface area (Å²) in [5, 5.41) is 14.5. The van der Waals surface area contributed by atoms with Crippen molar-refractivity contribution in [2.24, 2.45) is 17.3 Å². The third kappa shape index (κ3) is 2.86. The van der Waals surface area contributed by atoms with Crippen molar-refractivity contribution in [3.05, 3.63) is 18.0 Å². The molecule has 1 saturated carbocycles. The number of amides is 1. The van der Waals surface area contributed by atoms with Crippen LogP contribution in [0.4, 0.5) is 0 Å². The van der Waals surface area contributed by atoms with Gasteiger partial charge in [-0.3, -0.25) is 14.4 Å². The fourth-order valence-electron chi connectivity index (χ4n) is 4.51. The zero-order valence-electron chi connectivity index (χ0n) is 14.5. The Balaban J connectivity index is 1.43. The van der Waals surface area contributed by atoms with Gasteiger partial charge in [-0.15, -0.1) is 0 Å². The van der Waals surface area contributed by atoms with Crippen LogP contribution < -0.4 is 0 Å². The molecule has 1 aromatic heterocycles. The second-order valence-corrected chi connectivity index (χ2v) is 7.91. The summed E-state index contributed by atoms with van der Waals surface area (Å²) in [5.41, 5.74) is 1.09. The van der Waals surface area contributed by atoms with Gasteiger partial charge >= 0.3 is 0 Å². The van der Waals surface area contributed by atoms with Crippen molar-refractivity contribution in [3.63, 3.8) is 0 Å². The van der Waals surface area contributed by atoms with E-state index in [1.54, 1.807) is 0 Å². The van der Waals surface area contributed by atoms with Crippen molar-refractivity contribution in [2.75, 3.05) is 32.8 Å². The smallest absolute Gasteiger partial charge is 0.225 e. The van der Waals surface area contributed by atoms with E-state index in [0.717, 1.165) is 58.5 Å². The van der Waals surface area contributed by atoms with Gasteiger partial charge in [0, 0.05) is 55.8 Å². The third-order valence-electron chi connectivity index (χ3n) is 6.11. The molecule has 4 rings (SSSR count). The molecule has 0 spiro atoms. The monoisotopic (exact) mass is 332 g/mol. The van der Waals surface area contributed by atoms with Crippen molar-refractivity contribution >= 4 is 5.91 Å². The number of piperidine rings is 1. The molecule has 3 fully saturated rings. The third-order valence-corrected chi connectivity index (χ3v) is 6.11. The van der Waals surface area contributed by atoms with Crippen LogP contribution in [0.2, 0.25) is 0 Å². The molecule has 6 heteroatoms. The van der Waals surface area contributed by atoms with Gasteiger partial charge in [0.1, 0.15) is 0 Å². The van der Waals surface area contributed by atoms with Crippen molar-refractivity contribution in [3.8, 4) is 0 Å². The quantitative estimate of drug-likeness (QED) is 0.872. The normalized spacial score (nSPS) is 30.6. The number of aryl methyl sites for hydroxylation is 1. The van der Waals surface area contributed by atoms with Crippen LogP contribution in [-0.2, 0) is 17.9 Å². The summed E-state index contributed by atoms with van der Waals surface area (Å²) in [4.78, 5) is 16.9. The Kier molecular flexibility index (Phi) is 4.12. The summed E-state index contributed by atoms with van der Waals surface area (Å²) in [5.74, 6) is 1.05. The van der Waals surface area contributed by atoms with Gasteiger partial charge in [-0.2, -0.15) is 5.10 Å². The summed E-state index contributed by atoms with van der Waals surface area (Å²) >= 11 is 0. The number of carbonyl (C=O) groups excluding carboxylic acids is 1. The molecule has 0 unspecified atom stereocenters. The predicted molar refractivity (Wildman–Crippen MR) is 90.1 cm³/mol. The highest BCUT2D eigenvalue weighted by molar-refractivity contribution is 5.81. The Morgan fingerprint density at radius 3 is 2.88 bits per heavy atom. The SMILES string of the molecule is CCn1cc(CN2CC[C@H]3CN(C(=O)C4CC4)C[C@@]3(CO)C2)cn1. The Hall–Kier alpha value is -1.40. The standard InChI is InChI=1S/C18H28N4O2/c1-2-22-9-14(7-19-22)8-20-6-5-16-10-21(17(24)15-3-4-15)12-18(16,11-20)13-23/h7,9,15-16,23H,2-6,8,10-13H2,1H3/t16-,18+/m0/s1. The summed E-state index contributed by atoms with van der Waals surface area (Å²) in [6.07, 6.45) is 7.23. The largest absolute Gasteiger partial charge is 0.396 e. The van der Waals surface area contributed by atoms with Gasteiger partial charge in [-0.25, -0.2) is 0 Å². The number of hydrogen-bond acceptors (Lipinski definition) is 4. The second-order valence-electron chi connectivity index (χ2n) is 7.91. The molecule has 1 aromatic rings. The first-order valence-corrected chi connectivity index (χ1v) is 9.27. The molecule has 0 radical (unpaired) electrons. The van der Waals surface area contributed by atoms with E-state index in [-0.39, 0.29) is 17.9 Å². The highest BCUT2D eigenvalue weighted by atomic mass is 16.3. The Bertz CT molecular complexity index is 612. The van der Waals surface area contributed by atoms with Crippen LogP contribution in [-0.4, -0.2) is 63.4 Å². The molecule has 1 aliphatic carbocycles. The molecule has 132 valence electrons. The Morgan fingerprint density at radius 2 is 2.21 bits per heavy atom. The van der Waals surface area contributed by atoms with Gasteiger partial charge in [-0.1, -0.05) is 0 Å². The number of likely N-dealkylation sites (tertiary alicyclic amines) is 2. The summed E-state index contributed by atoms with van der Waals surface area (Å²) in [7, 11) is 0. The van der Waals surface area contributed by atoms with Crippen molar-refractivity contribution in [1.82, 2.24) is 19.6 Å². The first-order valence-electron chi connectivity index (χ1n) is 9.27. The average Bonchev–Trinajstić information content (AvgIpc) is 3.23. The lowest BCUT2D eigenvalue weighted by Crippen LogP contribution is -2.50. The second kappa shape index (κ2) is 6.15. The van der Waals surface area contributed by atoms with Crippen molar-refractivity contribution in [1.29, 1.82) is 0 Å². The molecule has 2 atom stereocenters. The van der Waals surface area contributed by atoms with Gasteiger partial charge in [0.25, 0.3) is 0 Å². The number of hydrogen-bond donors (Lipinski definition) is 1. The molecule has 0 aromatic carbocycles. The lowest BCUT2D eigenvalue weighted by molar-refractivity contribution is -0.132. The number of aliphatic hydroxyl groups excluding tert-OH is 1. The minimum absolute atomic E-state index is 0.135. The first kappa shape index (κ1) is 16.1. The van der Waals surface area contributed by atoms with E-state index in [2.05, 4.69) is 23.1 Å². The van der Waals surface area contributed by atoms with Crippen LogP contribution in [0.3, 0.4) is 0 Å². The van der Waals surface area contributed by atoms with Crippen LogP contribution >= 0.6 is 0 Å². The summed E-state index contributed by atoms with van der Waals surface area (Å²) < 4.78 is 1.95. The highest BCUT2D eigenvalue weighted by Gasteiger charge is 2.51. The average molecular weight is 332 g/mol. The molecule has 2 aliphatic heterocycles.